The van der Waals surface area contributed by atoms with E-state index in [4.69, 9.17) is 4.74 Å². The van der Waals surface area contributed by atoms with Gasteiger partial charge in [0.05, 0.1) is 18.7 Å². The fourth-order valence-electron chi connectivity index (χ4n) is 2.23. The van der Waals surface area contributed by atoms with E-state index >= 15 is 0 Å². The molecule has 1 heterocycles. The average molecular weight is 419 g/mol. The van der Waals surface area contributed by atoms with Gasteiger partial charge in [0.2, 0.25) is 0 Å². The lowest BCUT2D eigenvalue weighted by Crippen LogP contribution is -2.33. The van der Waals surface area contributed by atoms with Crippen LogP contribution in [0.25, 0.3) is 6.08 Å². The summed E-state index contributed by atoms with van der Waals surface area (Å²) in [5, 5.41) is 2.80. The molecule has 0 saturated carbocycles. The van der Waals surface area contributed by atoms with E-state index in [-0.39, 0.29) is 17.8 Å². The number of rotatable bonds is 5. The predicted octanol–water partition coefficient (Wildman–Crippen LogP) is 4.56. The molecule has 0 radical (unpaired) electrons. The van der Waals surface area contributed by atoms with Crippen molar-refractivity contribution in [1.29, 1.82) is 0 Å². The van der Waals surface area contributed by atoms with E-state index in [9.17, 15) is 9.59 Å². The van der Waals surface area contributed by atoms with Gasteiger partial charge in [0.25, 0.3) is 11.1 Å². The number of carbonyl (C=O) groups excluding carboxylic acids is 2. The number of methoxy groups -OCH3 is 1. The summed E-state index contributed by atoms with van der Waals surface area (Å²) in [5.74, 6) is 0.444. The molecule has 2 amide bonds. The van der Waals surface area contributed by atoms with E-state index in [1.165, 1.54) is 4.90 Å². The van der Waals surface area contributed by atoms with Crippen LogP contribution in [0.2, 0.25) is 0 Å². The zero-order valence-electron chi connectivity index (χ0n) is 13.4. The third-order valence-corrected chi connectivity index (χ3v) is 5.01. The minimum atomic E-state index is -0.296. The van der Waals surface area contributed by atoms with Crippen LogP contribution < -0.4 is 10.1 Å². The van der Waals surface area contributed by atoms with E-state index in [0.717, 1.165) is 33.2 Å². The van der Waals surface area contributed by atoms with Crippen LogP contribution >= 0.6 is 27.7 Å². The van der Waals surface area contributed by atoms with Crippen LogP contribution in [0.1, 0.15) is 5.56 Å². The number of hydrogen-bond donors (Lipinski definition) is 1. The van der Waals surface area contributed by atoms with E-state index in [1.54, 1.807) is 13.2 Å². The maximum Gasteiger partial charge on any atom is 0.295 e. The van der Waals surface area contributed by atoms with Gasteiger partial charge in [-0.2, -0.15) is 0 Å². The highest BCUT2D eigenvalue weighted by Crippen LogP contribution is 2.32. The highest BCUT2D eigenvalue weighted by molar-refractivity contribution is 9.10. The molecular weight excluding hydrogens is 404 g/mol. The van der Waals surface area contributed by atoms with Crippen LogP contribution in [0.3, 0.4) is 0 Å². The molecule has 1 saturated heterocycles. The van der Waals surface area contributed by atoms with Gasteiger partial charge >= 0.3 is 0 Å². The number of anilines is 1. The first-order valence-electron chi connectivity index (χ1n) is 7.45. The van der Waals surface area contributed by atoms with Crippen molar-refractivity contribution in [3.05, 3.63) is 63.5 Å². The largest absolute Gasteiger partial charge is 0.497 e. The second-order valence-corrected chi connectivity index (χ2v) is 7.13. The first kappa shape index (κ1) is 17.6. The van der Waals surface area contributed by atoms with E-state index in [2.05, 4.69) is 21.2 Å². The Bertz CT molecular complexity index is 819. The van der Waals surface area contributed by atoms with Gasteiger partial charge < -0.3 is 10.1 Å². The van der Waals surface area contributed by atoms with Crippen LogP contribution in [0.5, 0.6) is 5.75 Å². The molecule has 0 spiro atoms. The number of thioether (sulfide) groups is 1. The van der Waals surface area contributed by atoms with Gasteiger partial charge in [0.1, 0.15) is 5.75 Å². The summed E-state index contributed by atoms with van der Waals surface area (Å²) < 4.78 is 6.07. The van der Waals surface area contributed by atoms with Crippen LogP contribution in [0.15, 0.2) is 57.9 Å². The first-order valence-corrected chi connectivity index (χ1v) is 9.06. The van der Waals surface area contributed by atoms with Gasteiger partial charge in [-0.25, -0.2) is 0 Å². The molecule has 0 atom stereocenters. The van der Waals surface area contributed by atoms with E-state index in [0.29, 0.717) is 4.91 Å². The number of amides is 2. The molecule has 0 bridgehead atoms. The number of nitrogens with one attached hydrogen (secondary N) is 1. The van der Waals surface area contributed by atoms with Crippen molar-refractivity contribution in [2.75, 3.05) is 19.1 Å². The Kier molecular flexibility index (Phi) is 5.45. The van der Waals surface area contributed by atoms with Crippen LogP contribution in [0, 0.1) is 0 Å². The van der Waals surface area contributed by atoms with E-state index < -0.39 is 0 Å². The fraction of sp³-hybridized carbons (Fsp3) is 0.111. The topological polar surface area (TPSA) is 58.6 Å². The molecule has 1 fully saturated rings. The van der Waals surface area contributed by atoms with Crippen molar-refractivity contribution in [3.8, 4) is 5.75 Å². The summed E-state index contributed by atoms with van der Waals surface area (Å²) in [5.41, 5.74) is 1.67. The molecule has 25 heavy (non-hydrogen) atoms. The number of hydrogen-bond acceptors (Lipinski definition) is 5. The van der Waals surface area contributed by atoms with Gasteiger partial charge in [-0.3, -0.25) is 14.5 Å². The van der Waals surface area contributed by atoms with E-state index in [1.807, 2.05) is 48.5 Å². The highest BCUT2D eigenvalue weighted by atomic mass is 79.9. The number of carbonyl (C=O) groups is 2. The summed E-state index contributed by atoms with van der Waals surface area (Å²) >= 11 is 4.31. The molecule has 3 rings (SSSR count). The number of nitrogens with zero attached hydrogens (tertiary/aromatic N) is 1. The Balaban J connectivity index is 1.68. The molecule has 128 valence electrons. The zero-order valence-corrected chi connectivity index (χ0v) is 15.8. The molecule has 7 heteroatoms. The number of benzene rings is 2. The molecule has 0 unspecified atom stereocenters. The van der Waals surface area contributed by atoms with Crippen LogP contribution in [-0.4, -0.2) is 29.8 Å². The molecule has 0 aromatic heterocycles. The Labute approximate surface area is 158 Å². The number of halogens is 1. The average Bonchev–Trinajstić information content (AvgIpc) is 2.89. The molecule has 1 aliphatic heterocycles. The summed E-state index contributed by atoms with van der Waals surface area (Å²) in [7, 11) is 1.60. The summed E-state index contributed by atoms with van der Waals surface area (Å²) in [6.45, 7) is 0.131. The van der Waals surface area contributed by atoms with Crippen molar-refractivity contribution in [3.63, 3.8) is 0 Å². The Hall–Kier alpha value is -2.25. The standard InChI is InChI=1S/C18H15BrN2O3S/c1-24-15-8-2-12(3-9-15)10-16-17(22)21(18(23)25-16)11-20-14-6-4-13(19)5-7-14/h2-10,20H,11H2,1H3/b16-10+. The SMILES string of the molecule is COc1ccc(/C=C2/SC(=O)N(CNc3ccc(Br)cc3)C2=O)cc1. The number of ether oxygens (including phenoxy) is 1. The molecular formula is C18H15BrN2O3S. The van der Waals surface area contributed by atoms with Crippen molar-refractivity contribution in [2.24, 2.45) is 0 Å². The predicted molar refractivity (Wildman–Crippen MR) is 103 cm³/mol. The first-order chi connectivity index (χ1) is 12.1. The second-order valence-electron chi connectivity index (χ2n) is 5.22. The smallest absolute Gasteiger partial charge is 0.295 e. The van der Waals surface area contributed by atoms with Crippen molar-refractivity contribution in [1.82, 2.24) is 4.90 Å². The lowest BCUT2D eigenvalue weighted by Gasteiger charge is -2.14. The van der Waals surface area contributed by atoms with Crippen molar-refractivity contribution in [2.45, 2.75) is 0 Å². The molecule has 2 aromatic carbocycles. The summed E-state index contributed by atoms with van der Waals surface area (Å²) in [6, 6.07) is 14.8. The zero-order chi connectivity index (χ0) is 17.8. The van der Waals surface area contributed by atoms with Gasteiger partial charge in [0.15, 0.2) is 0 Å². The minimum absolute atomic E-state index is 0.131. The third kappa shape index (κ3) is 4.24. The third-order valence-electron chi connectivity index (χ3n) is 3.57. The molecule has 1 N–H and O–H groups in total. The van der Waals surface area contributed by atoms with Crippen molar-refractivity contribution < 1.29 is 14.3 Å². The van der Waals surface area contributed by atoms with Crippen LogP contribution in [0.4, 0.5) is 10.5 Å². The minimum Gasteiger partial charge on any atom is -0.497 e. The van der Waals surface area contributed by atoms with Gasteiger partial charge in [-0.15, -0.1) is 0 Å². The summed E-state index contributed by atoms with van der Waals surface area (Å²) in [6.07, 6.45) is 1.71. The van der Waals surface area contributed by atoms with Gasteiger partial charge in [-0.05, 0) is 59.8 Å². The van der Waals surface area contributed by atoms with Gasteiger partial charge in [0, 0.05) is 10.2 Å². The normalized spacial score (nSPS) is 15.8. The second kappa shape index (κ2) is 7.76. The Morgan fingerprint density at radius 1 is 1.12 bits per heavy atom. The maximum absolute atomic E-state index is 12.5. The van der Waals surface area contributed by atoms with Crippen LogP contribution in [-0.2, 0) is 4.79 Å². The maximum atomic E-state index is 12.5. The monoisotopic (exact) mass is 418 g/mol. The van der Waals surface area contributed by atoms with Gasteiger partial charge in [-0.1, -0.05) is 28.1 Å². The molecule has 5 nitrogen and oxygen atoms in total. The van der Waals surface area contributed by atoms with Crippen molar-refractivity contribution >= 4 is 50.6 Å². The lowest BCUT2D eigenvalue weighted by molar-refractivity contribution is -0.122. The fourth-order valence-corrected chi connectivity index (χ4v) is 3.33. The molecule has 0 aliphatic carbocycles. The number of imide groups is 1. The molecule has 2 aromatic rings. The highest BCUT2D eigenvalue weighted by Gasteiger charge is 2.34. The Morgan fingerprint density at radius 2 is 1.80 bits per heavy atom. The molecule has 1 aliphatic rings. The summed E-state index contributed by atoms with van der Waals surface area (Å²) in [4.78, 5) is 26.2. The lowest BCUT2D eigenvalue weighted by atomic mass is 10.2. The Morgan fingerprint density at radius 3 is 2.44 bits per heavy atom. The quantitative estimate of drug-likeness (QED) is 0.720.